The predicted molar refractivity (Wildman–Crippen MR) is 114 cm³/mol. The molecule has 0 aliphatic heterocycles. The van der Waals surface area contributed by atoms with E-state index in [2.05, 4.69) is 21.4 Å². The van der Waals surface area contributed by atoms with Gasteiger partial charge in [0.05, 0.1) is 11.4 Å². The summed E-state index contributed by atoms with van der Waals surface area (Å²) in [6.45, 7) is 2.01. The summed E-state index contributed by atoms with van der Waals surface area (Å²) in [5.74, 6) is 0.580. The number of nitrogens with one attached hydrogen (secondary N) is 2. The van der Waals surface area contributed by atoms with E-state index in [1.54, 1.807) is 23.9 Å². The zero-order valence-corrected chi connectivity index (χ0v) is 19.6. The Hall–Kier alpha value is -2.15. The van der Waals surface area contributed by atoms with Crippen LogP contribution in [0, 0.1) is 13.0 Å². The van der Waals surface area contributed by atoms with Crippen molar-refractivity contribution >= 4 is 40.1 Å². The molecule has 5 nitrogen and oxygen atoms in total. The Balaban J connectivity index is 0.00000240. The van der Waals surface area contributed by atoms with E-state index >= 15 is 0 Å². The van der Waals surface area contributed by atoms with Crippen molar-refractivity contribution in [2.75, 3.05) is 11.1 Å². The zero-order valence-electron chi connectivity index (χ0n) is 15.9. The van der Waals surface area contributed by atoms with Gasteiger partial charge >= 0.3 is 0 Å². The molecule has 1 heterocycles. The average Bonchev–Trinajstić information content (AvgIpc) is 3.10. The van der Waals surface area contributed by atoms with Crippen LogP contribution in [0.15, 0.2) is 65.8 Å². The number of benzene rings is 3. The Morgan fingerprint density at radius 1 is 1.21 bits per heavy atom. The van der Waals surface area contributed by atoms with E-state index in [0.29, 0.717) is 16.9 Å². The Morgan fingerprint density at radius 2 is 1.97 bits per heavy atom. The molecule has 0 saturated heterocycles. The van der Waals surface area contributed by atoms with Crippen LogP contribution in [0.2, 0.25) is 0 Å². The van der Waals surface area contributed by atoms with Gasteiger partial charge in [-0.15, -0.1) is 12.1 Å². The number of para-hydroxylation sites is 2. The summed E-state index contributed by atoms with van der Waals surface area (Å²) in [6.07, 6.45) is 0. The number of fused-ring (bicyclic) bond motifs is 1. The summed E-state index contributed by atoms with van der Waals surface area (Å²) >= 11 is 1.63. The molecule has 0 unspecified atom stereocenters. The summed E-state index contributed by atoms with van der Waals surface area (Å²) in [5, 5.41) is 3.71. The smallest absolute Gasteiger partial charge is 0.255 e. The largest absolute Gasteiger partial charge is 0.397 e. The minimum atomic E-state index is -0.180. The summed E-state index contributed by atoms with van der Waals surface area (Å²) in [5.41, 5.74) is 11.8. The van der Waals surface area contributed by atoms with Crippen molar-refractivity contribution in [2.24, 2.45) is 0 Å². The normalized spacial score (nSPS) is 10.5. The number of aryl methyl sites for hydroxylation is 1. The standard InChI is InChI=1S/C22H19N4OS.Y/c1-14-6-11-19-20(12-14)26-22(25-19)28-13-15-7-9-16(10-8-15)21(27)24-18-5-3-2-4-17(18)23;/h2-5,7-12H,13,23H2,1H3,(H,24,27)(H,25,26);/q-1;. The van der Waals surface area contributed by atoms with Crippen LogP contribution in [-0.2, 0) is 38.5 Å². The number of carbonyl (C=O) groups excluding carboxylic acids is 1. The Labute approximate surface area is 198 Å². The van der Waals surface area contributed by atoms with Gasteiger partial charge in [-0.2, -0.15) is 11.6 Å². The molecule has 4 aromatic rings. The number of thioether (sulfide) groups is 1. The number of hydrogen-bond acceptors (Lipinski definition) is 4. The first-order valence-electron chi connectivity index (χ1n) is 8.84. The maximum Gasteiger partial charge on any atom is 0.255 e. The van der Waals surface area contributed by atoms with Crippen LogP contribution in [0.1, 0.15) is 21.5 Å². The number of imidazole rings is 1. The van der Waals surface area contributed by atoms with Crippen LogP contribution in [0.4, 0.5) is 11.4 Å². The number of nitrogens with two attached hydrogens (primary N) is 1. The zero-order chi connectivity index (χ0) is 19.5. The third-order valence-corrected chi connectivity index (χ3v) is 5.28. The monoisotopic (exact) mass is 476 g/mol. The van der Waals surface area contributed by atoms with Gasteiger partial charge in [-0.05, 0) is 40.9 Å². The first kappa shape index (κ1) is 21.6. The number of aromatic amines is 1. The molecule has 0 saturated carbocycles. The summed E-state index contributed by atoms with van der Waals surface area (Å²) in [7, 11) is 0. The van der Waals surface area contributed by atoms with Gasteiger partial charge < -0.3 is 16.0 Å². The van der Waals surface area contributed by atoms with Crippen molar-refractivity contribution in [2.45, 2.75) is 17.8 Å². The van der Waals surface area contributed by atoms with Crippen LogP contribution in [0.3, 0.4) is 0 Å². The SMILES string of the molecule is Cc1[c-]cc2nc(SCc3ccc(C(=O)Nc4ccccc4N)cc3)[nH]c2c1.[Y]. The molecule has 3 aromatic carbocycles. The summed E-state index contributed by atoms with van der Waals surface area (Å²) in [6, 6.07) is 21.9. The molecule has 0 spiro atoms. The van der Waals surface area contributed by atoms with Gasteiger partial charge in [-0.1, -0.05) is 43.0 Å². The third kappa shape index (κ3) is 5.27. The van der Waals surface area contributed by atoms with Gasteiger partial charge in [-0.25, -0.2) is 0 Å². The Kier molecular flexibility index (Phi) is 7.11. The van der Waals surface area contributed by atoms with Crippen molar-refractivity contribution in [3.8, 4) is 0 Å². The number of anilines is 2. The van der Waals surface area contributed by atoms with Gasteiger partial charge in [0.1, 0.15) is 0 Å². The first-order chi connectivity index (χ1) is 13.6. The molecule has 1 amide bonds. The van der Waals surface area contributed by atoms with E-state index in [-0.39, 0.29) is 38.6 Å². The molecule has 0 aliphatic rings. The van der Waals surface area contributed by atoms with Crippen molar-refractivity contribution in [1.82, 2.24) is 9.97 Å². The maximum absolute atomic E-state index is 12.4. The predicted octanol–water partition coefficient (Wildman–Crippen LogP) is 4.80. The number of nitrogen functional groups attached to an aromatic ring is 1. The maximum atomic E-state index is 12.4. The molecule has 0 atom stereocenters. The van der Waals surface area contributed by atoms with Gasteiger partial charge in [-0.3, -0.25) is 9.78 Å². The number of hydrogen-bond donors (Lipinski definition) is 3. The molecule has 4 rings (SSSR count). The second-order valence-corrected chi connectivity index (χ2v) is 7.45. The summed E-state index contributed by atoms with van der Waals surface area (Å²) < 4.78 is 0. The fourth-order valence-corrected chi connectivity index (χ4v) is 3.66. The van der Waals surface area contributed by atoms with Gasteiger partial charge in [0.15, 0.2) is 5.16 Å². The minimum Gasteiger partial charge on any atom is -0.397 e. The van der Waals surface area contributed by atoms with Crippen molar-refractivity contribution in [3.05, 3.63) is 83.4 Å². The van der Waals surface area contributed by atoms with Crippen LogP contribution in [-0.4, -0.2) is 15.9 Å². The molecule has 143 valence electrons. The van der Waals surface area contributed by atoms with E-state index in [1.807, 2.05) is 55.5 Å². The molecule has 7 heteroatoms. The van der Waals surface area contributed by atoms with Gasteiger partial charge in [0.25, 0.3) is 5.91 Å². The minimum absolute atomic E-state index is 0. The second-order valence-electron chi connectivity index (χ2n) is 6.48. The quantitative estimate of drug-likeness (QED) is 0.220. The molecule has 0 fully saturated rings. The topological polar surface area (TPSA) is 83.8 Å². The van der Waals surface area contributed by atoms with Crippen LogP contribution >= 0.6 is 11.8 Å². The van der Waals surface area contributed by atoms with E-state index < -0.39 is 0 Å². The van der Waals surface area contributed by atoms with E-state index in [4.69, 9.17) is 5.73 Å². The fourth-order valence-electron chi connectivity index (χ4n) is 2.81. The van der Waals surface area contributed by atoms with Crippen molar-refractivity contribution in [3.63, 3.8) is 0 Å². The number of amides is 1. The Morgan fingerprint density at radius 3 is 2.72 bits per heavy atom. The second kappa shape index (κ2) is 9.57. The van der Waals surface area contributed by atoms with E-state index in [1.165, 1.54) is 0 Å². The Bertz CT molecular complexity index is 1140. The fraction of sp³-hybridized carbons (Fsp3) is 0.0909. The molecule has 1 radical (unpaired) electrons. The van der Waals surface area contributed by atoms with E-state index in [0.717, 1.165) is 33.1 Å². The summed E-state index contributed by atoms with van der Waals surface area (Å²) in [4.78, 5) is 20.3. The van der Waals surface area contributed by atoms with Crippen LogP contribution < -0.4 is 11.1 Å². The van der Waals surface area contributed by atoms with Gasteiger partial charge in [0, 0.05) is 44.0 Å². The van der Waals surface area contributed by atoms with Crippen molar-refractivity contribution in [1.29, 1.82) is 0 Å². The molecule has 0 aliphatic carbocycles. The molecule has 1 aromatic heterocycles. The van der Waals surface area contributed by atoms with Gasteiger partial charge in [0.2, 0.25) is 0 Å². The number of carbonyl (C=O) groups is 1. The number of aromatic nitrogens is 2. The molecule has 29 heavy (non-hydrogen) atoms. The van der Waals surface area contributed by atoms with Crippen molar-refractivity contribution < 1.29 is 37.5 Å². The molecule has 4 N–H and O–H groups in total. The van der Waals surface area contributed by atoms with Crippen LogP contribution in [0.5, 0.6) is 0 Å². The average molecular weight is 476 g/mol. The molecular weight excluding hydrogens is 457 g/mol. The van der Waals surface area contributed by atoms with E-state index in [9.17, 15) is 4.79 Å². The van der Waals surface area contributed by atoms with Crippen LogP contribution in [0.25, 0.3) is 11.0 Å². The third-order valence-electron chi connectivity index (χ3n) is 4.34. The number of H-pyrrole nitrogens is 1. The first-order valence-corrected chi connectivity index (χ1v) is 9.83. The molecule has 0 bridgehead atoms. The number of rotatable bonds is 5. The number of nitrogens with zero attached hydrogens (tertiary/aromatic N) is 1. The molecular formula is C22H19N4OSY-.